The summed E-state index contributed by atoms with van der Waals surface area (Å²) in [7, 11) is 0. The Balaban J connectivity index is 2.45. The molecule has 0 heterocycles. The van der Waals surface area contributed by atoms with Crippen LogP contribution in [0.5, 0.6) is 0 Å². The summed E-state index contributed by atoms with van der Waals surface area (Å²) in [5.41, 5.74) is 0. The van der Waals surface area contributed by atoms with Crippen molar-refractivity contribution < 1.29 is 12.6 Å². The number of aliphatic hydroxyl groups is 1. The lowest BCUT2D eigenvalue weighted by atomic mass is 9.96. The van der Waals surface area contributed by atoms with E-state index in [0.29, 0.717) is 5.01 Å². The molecule has 2 N–H and O–H groups in total. The first-order chi connectivity index (χ1) is 7.92. The van der Waals surface area contributed by atoms with Crippen molar-refractivity contribution in [3.63, 3.8) is 0 Å². The van der Waals surface area contributed by atoms with Crippen LogP contribution in [0.4, 0.5) is 4.79 Å². The maximum atomic E-state index is 11.6. The van der Waals surface area contributed by atoms with Crippen LogP contribution in [0.1, 0.15) is 34.8 Å². The van der Waals surface area contributed by atoms with Crippen molar-refractivity contribution in [2.75, 3.05) is 13.1 Å². The minimum Gasteiger partial charge on any atom is -0.394 e. The fraction of sp³-hybridized carbons (Fsp3) is 0.889. The van der Waals surface area contributed by atoms with Gasteiger partial charge in [0.05, 0.1) is 21.1 Å². The van der Waals surface area contributed by atoms with Crippen molar-refractivity contribution in [1.82, 2.24) is 10.3 Å². The van der Waals surface area contributed by atoms with Gasteiger partial charge in [-0.05, 0) is 12.8 Å². The lowest BCUT2D eigenvalue weighted by Crippen LogP contribution is -2.44. The van der Waals surface area contributed by atoms with Crippen molar-refractivity contribution in [3.05, 3.63) is 4.91 Å². The van der Waals surface area contributed by atoms with Gasteiger partial charge in [-0.15, -0.1) is 4.91 Å². The third-order valence-electron chi connectivity index (χ3n) is 2.49. The molecule has 0 aromatic rings. The number of nitroso groups, excluding NO2 is 1. The van der Waals surface area contributed by atoms with Gasteiger partial charge in [0.25, 0.3) is 0 Å². The highest BCUT2D eigenvalue weighted by molar-refractivity contribution is 5.74. The number of carbonyl (C=O) groups is 1. The van der Waals surface area contributed by atoms with E-state index in [1.807, 2.05) is 0 Å². The number of rotatable bonds is 4. The van der Waals surface area contributed by atoms with E-state index >= 15 is 0 Å². The minimum absolute atomic E-state index is 0.00469. The summed E-state index contributed by atoms with van der Waals surface area (Å²) in [5, 5.41) is 14.3. The molecule has 0 unspecified atom stereocenters. The summed E-state index contributed by atoms with van der Waals surface area (Å²) in [6, 6.07) is -0.755. The Bertz CT molecular complexity index is 277. The third kappa shape index (κ3) is 3.83. The van der Waals surface area contributed by atoms with Gasteiger partial charge in [-0.2, -0.15) is 5.01 Å². The number of urea groups is 1. The Morgan fingerprint density at radius 1 is 1.53 bits per heavy atom. The van der Waals surface area contributed by atoms with E-state index in [9.17, 15) is 9.70 Å². The highest BCUT2D eigenvalue weighted by atomic mass is 16.3. The number of hydrogen-bond donors (Lipinski definition) is 2. The molecule has 0 aromatic carbocycles. The number of amides is 2. The standard InChI is InChI=1S/C9H17N3O3/c13-7-6-12(11-15)9(14)10-8-4-2-1-3-5-8/h8,13H,1-7H2,(H,10,14)/i7D2. The summed E-state index contributed by atoms with van der Waals surface area (Å²) < 4.78 is 13.8. The molecule has 0 saturated heterocycles. The van der Waals surface area contributed by atoms with Gasteiger partial charge in [-0.3, -0.25) is 0 Å². The normalized spacial score (nSPS) is 20.1. The zero-order chi connectivity index (χ0) is 12.9. The molecular weight excluding hydrogens is 198 g/mol. The topological polar surface area (TPSA) is 82.0 Å². The molecular formula is C9H17N3O3. The molecule has 6 nitrogen and oxygen atoms in total. The first-order valence-electron chi connectivity index (χ1n) is 6.06. The maximum Gasteiger partial charge on any atom is 0.340 e. The molecule has 0 spiro atoms. The van der Waals surface area contributed by atoms with E-state index in [1.165, 1.54) is 0 Å². The zero-order valence-electron chi connectivity index (χ0n) is 10.5. The van der Waals surface area contributed by atoms with Gasteiger partial charge >= 0.3 is 6.03 Å². The van der Waals surface area contributed by atoms with Gasteiger partial charge in [0, 0.05) is 6.04 Å². The molecule has 0 aromatic heterocycles. The number of nitrogens with zero attached hydrogens (tertiary/aromatic N) is 2. The quantitative estimate of drug-likeness (QED) is 0.544. The molecule has 0 atom stereocenters. The summed E-state index contributed by atoms with van der Waals surface area (Å²) in [6.07, 6.45) is 4.90. The molecule has 0 radical (unpaired) electrons. The summed E-state index contributed by atoms with van der Waals surface area (Å²) in [5.74, 6) is 0. The third-order valence-corrected chi connectivity index (χ3v) is 2.49. The molecule has 2 amide bonds. The smallest absolute Gasteiger partial charge is 0.340 e. The summed E-state index contributed by atoms with van der Waals surface area (Å²) in [4.78, 5) is 22.0. The van der Waals surface area contributed by atoms with Crippen molar-refractivity contribution in [2.45, 2.75) is 38.1 Å². The SMILES string of the molecule is [2H]C([2H])(O)CN(N=O)C(=O)NC1CCCCC1. The van der Waals surface area contributed by atoms with Crippen molar-refractivity contribution in [2.24, 2.45) is 5.29 Å². The van der Waals surface area contributed by atoms with E-state index in [1.54, 1.807) is 0 Å². The molecule has 0 bridgehead atoms. The van der Waals surface area contributed by atoms with E-state index in [4.69, 9.17) is 7.85 Å². The summed E-state index contributed by atoms with van der Waals surface area (Å²) >= 11 is 0. The van der Waals surface area contributed by atoms with Crippen LogP contribution in [0, 0.1) is 4.91 Å². The average molecular weight is 217 g/mol. The lowest BCUT2D eigenvalue weighted by Gasteiger charge is -2.24. The van der Waals surface area contributed by atoms with Crippen molar-refractivity contribution in [3.8, 4) is 0 Å². The lowest BCUT2D eigenvalue weighted by molar-refractivity contribution is 0.172. The van der Waals surface area contributed by atoms with E-state index in [0.717, 1.165) is 32.1 Å². The van der Waals surface area contributed by atoms with Crippen LogP contribution in [0.2, 0.25) is 0 Å². The molecule has 6 heteroatoms. The molecule has 1 aliphatic carbocycles. The second-order valence-electron chi connectivity index (χ2n) is 3.58. The predicted octanol–water partition coefficient (Wildman–Crippen LogP) is 1.00. The van der Waals surface area contributed by atoms with Crippen molar-refractivity contribution >= 4 is 6.03 Å². The predicted molar refractivity (Wildman–Crippen MR) is 55.0 cm³/mol. The Morgan fingerprint density at radius 3 is 2.73 bits per heavy atom. The Hall–Kier alpha value is -1.17. The van der Waals surface area contributed by atoms with Gasteiger partial charge in [-0.1, -0.05) is 19.3 Å². The highest BCUT2D eigenvalue weighted by Crippen LogP contribution is 2.17. The van der Waals surface area contributed by atoms with E-state index in [2.05, 4.69) is 10.6 Å². The van der Waals surface area contributed by atoms with Crippen LogP contribution >= 0.6 is 0 Å². The molecule has 15 heavy (non-hydrogen) atoms. The van der Waals surface area contributed by atoms with Crippen LogP contribution in [0.3, 0.4) is 0 Å². The monoisotopic (exact) mass is 217 g/mol. The fourth-order valence-electron chi connectivity index (χ4n) is 1.70. The van der Waals surface area contributed by atoms with Crippen LogP contribution < -0.4 is 5.32 Å². The van der Waals surface area contributed by atoms with Crippen LogP contribution in [0.25, 0.3) is 0 Å². The van der Waals surface area contributed by atoms with Crippen LogP contribution in [0.15, 0.2) is 5.29 Å². The summed E-state index contributed by atoms with van der Waals surface area (Å²) in [6.45, 7) is -3.40. The first kappa shape index (κ1) is 9.08. The maximum absolute atomic E-state index is 11.6. The number of hydrogen-bond acceptors (Lipinski definition) is 4. The van der Waals surface area contributed by atoms with Gasteiger partial charge in [0.1, 0.15) is 0 Å². The fourth-order valence-corrected chi connectivity index (χ4v) is 1.70. The largest absolute Gasteiger partial charge is 0.394 e. The Morgan fingerprint density at radius 2 is 2.20 bits per heavy atom. The number of carbonyl (C=O) groups excluding carboxylic acids is 1. The number of nitrogens with one attached hydrogen (secondary N) is 1. The first-order valence-corrected chi connectivity index (χ1v) is 5.06. The molecule has 1 fully saturated rings. The molecule has 0 aliphatic heterocycles. The van der Waals surface area contributed by atoms with E-state index in [-0.39, 0.29) is 6.04 Å². The van der Waals surface area contributed by atoms with Gasteiger partial charge in [0.2, 0.25) is 0 Å². The second kappa shape index (κ2) is 6.34. The highest BCUT2D eigenvalue weighted by Gasteiger charge is 2.19. The van der Waals surface area contributed by atoms with Crippen LogP contribution in [-0.2, 0) is 0 Å². The molecule has 1 rings (SSSR count). The molecule has 86 valence electrons. The minimum atomic E-state index is -2.63. The molecule has 1 saturated carbocycles. The van der Waals surface area contributed by atoms with Gasteiger partial charge < -0.3 is 10.4 Å². The Labute approximate surface area is 91.4 Å². The van der Waals surface area contributed by atoms with Gasteiger partial charge in [0.15, 0.2) is 0 Å². The zero-order valence-corrected chi connectivity index (χ0v) is 8.48. The van der Waals surface area contributed by atoms with Gasteiger partial charge in [-0.25, -0.2) is 4.79 Å². The van der Waals surface area contributed by atoms with E-state index < -0.39 is 19.1 Å². The second-order valence-corrected chi connectivity index (χ2v) is 3.58. The Kier molecular flexibility index (Phi) is 3.84. The average Bonchev–Trinajstić information content (AvgIpc) is 2.26. The molecule has 1 aliphatic rings. The van der Waals surface area contributed by atoms with Crippen molar-refractivity contribution in [1.29, 1.82) is 0 Å². The van der Waals surface area contributed by atoms with Crippen LogP contribution in [-0.4, -0.2) is 35.3 Å².